The lowest BCUT2D eigenvalue weighted by molar-refractivity contribution is 0.167. The van der Waals surface area contributed by atoms with Crippen LogP contribution in [0.3, 0.4) is 0 Å². The molecule has 1 nitrogen and oxygen atoms in total. The maximum absolute atomic E-state index is 9.45. The maximum Gasteiger partial charge on any atom is 0.0689 e. The molecule has 16 heavy (non-hydrogen) atoms. The highest BCUT2D eigenvalue weighted by molar-refractivity contribution is 5.02. The Morgan fingerprint density at radius 1 is 1.31 bits per heavy atom. The van der Waals surface area contributed by atoms with Gasteiger partial charge in [0.15, 0.2) is 0 Å². The Morgan fingerprint density at radius 2 is 1.94 bits per heavy atom. The fraction of sp³-hybridized carbons (Fsp3) is 0.933. The summed E-state index contributed by atoms with van der Waals surface area (Å²) in [6.45, 7) is 6.79. The Balaban J connectivity index is 2.49. The second kappa shape index (κ2) is 6.28. The van der Waals surface area contributed by atoms with Crippen molar-refractivity contribution in [3.8, 4) is 6.07 Å². The maximum atomic E-state index is 9.45. The molecular weight excluding hydrogens is 194 g/mol. The zero-order valence-corrected chi connectivity index (χ0v) is 11.3. The molecule has 92 valence electrons. The summed E-state index contributed by atoms with van der Waals surface area (Å²) in [5, 5.41) is 9.45. The molecule has 0 saturated heterocycles. The summed E-state index contributed by atoms with van der Waals surface area (Å²) in [6.07, 6.45) is 9.88. The molecule has 0 radical (unpaired) electrons. The average Bonchev–Trinajstić information content (AvgIpc) is 2.32. The number of nitriles is 1. The molecule has 0 bridgehead atoms. The number of hydrogen-bond acceptors (Lipinski definition) is 1. The summed E-state index contributed by atoms with van der Waals surface area (Å²) in [6, 6.07) is 2.65. The van der Waals surface area contributed by atoms with Crippen LogP contribution in [0.5, 0.6) is 0 Å². The van der Waals surface area contributed by atoms with Crippen LogP contribution in [0.2, 0.25) is 0 Å². The van der Waals surface area contributed by atoms with Gasteiger partial charge in [0.2, 0.25) is 0 Å². The molecule has 1 unspecified atom stereocenters. The van der Waals surface area contributed by atoms with Crippen molar-refractivity contribution in [1.82, 2.24) is 0 Å². The summed E-state index contributed by atoms with van der Waals surface area (Å²) in [5.74, 6) is 1.62. The Hall–Kier alpha value is -0.510. The summed E-state index contributed by atoms with van der Waals surface area (Å²) < 4.78 is 0. The van der Waals surface area contributed by atoms with Gasteiger partial charge >= 0.3 is 0 Å². The molecule has 1 saturated carbocycles. The first-order chi connectivity index (χ1) is 7.65. The molecule has 0 heterocycles. The Morgan fingerprint density at radius 3 is 2.38 bits per heavy atom. The van der Waals surface area contributed by atoms with Crippen molar-refractivity contribution in [2.24, 2.45) is 17.3 Å². The Bertz CT molecular complexity index is 230. The van der Waals surface area contributed by atoms with Crippen molar-refractivity contribution in [1.29, 1.82) is 5.26 Å². The first-order valence-electron chi connectivity index (χ1n) is 7.07. The van der Waals surface area contributed by atoms with Crippen molar-refractivity contribution in [2.45, 2.75) is 72.1 Å². The molecule has 1 aliphatic rings. The van der Waals surface area contributed by atoms with Crippen LogP contribution in [0.25, 0.3) is 0 Å². The second-order valence-electron chi connectivity index (χ2n) is 5.84. The fourth-order valence-electron chi connectivity index (χ4n) is 3.10. The van der Waals surface area contributed by atoms with E-state index in [1.165, 1.54) is 32.1 Å². The van der Waals surface area contributed by atoms with E-state index in [0.29, 0.717) is 5.92 Å². The van der Waals surface area contributed by atoms with E-state index in [-0.39, 0.29) is 5.41 Å². The van der Waals surface area contributed by atoms with Crippen LogP contribution in [0.15, 0.2) is 0 Å². The molecule has 0 amide bonds. The smallest absolute Gasteiger partial charge is 0.0689 e. The molecule has 0 aromatic carbocycles. The highest BCUT2D eigenvalue weighted by Crippen LogP contribution is 2.44. The SMILES string of the molecule is CCCC1CCC(C#N)(CC(C)CC)CC1. The number of nitrogens with zero attached hydrogens (tertiary/aromatic N) is 1. The lowest BCUT2D eigenvalue weighted by Crippen LogP contribution is -2.28. The molecule has 1 fully saturated rings. The van der Waals surface area contributed by atoms with E-state index in [4.69, 9.17) is 0 Å². The van der Waals surface area contributed by atoms with Crippen LogP contribution in [-0.2, 0) is 0 Å². The zero-order chi connectivity index (χ0) is 12.0. The Labute approximate surface area is 101 Å². The zero-order valence-electron chi connectivity index (χ0n) is 11.3. The monoisotopic (exact) mass is 221 g/mol. The van der Waals surface area contributed by atoms with Gasteiger partial charge in [-0.1, -0.05) is 40.0 Å². The van der Waals surface area contributed by atoms with Crippen LogP contribution in [0, 0.1) is 28.6 Å². The highest BCUT2D eigenvalue weighted by Gasteiger charge is 2.35. The van der Waals surface area contributed by atoms with E-state index in [2.05, 4.69) is 26.8 Å². The van der Waals surface area contributed by atoms with Gasteiger partial charge in [0, 0.05) is 0 Å². The first kappa shape index (κ1) is 13.6. The molecule has 0 spiro atoms. The van der Waals surface area contributed by atoms with Crippen molar-refractivity contribution in [3.63, 3.8) is 0 Å². The summed E-state index contributed by atoms with van der Waals surface area (Å²) in [7, 11) is 0. The lowest BCUT2D eigenvalue weighted by Gasteiger charge is -2.36. The largest absolute Gasteiger partial charge is 0.198 e. The van der Waals surface area contributed by atoms with Gasteiger partial charge in [0.25, 0.3) is 0 Å². The number of hydrogen-bond donors (Lipinski definition) is 0. The van der Waals surface area contributed by atoms with E-state index in [1.54, 1.807) is 0 Å². The molecule has 1 aliphatic carbocycles. The van der Waals surface area contributed by atoms with E-state index in [0.717, 1.165) is 25.2 Å². The third-order valence-electron chi connectivity index (χ3n) is 4.43. The van der Waals surface area contributed by atoms with E-state index < -0.39 is 0 Å². The normalized spacial score (nSPS) is 32.0. The minimum atomic E-state index is 0.0274. The summed E-state index contributed by atoms with van der Waals surface area (Å²) >= 11 is 0. The molecule has 0 aromatic rings. The van der Waals surface area contributed by atoms with Crippen molar-refractivity contribution in [3.05, 3.63) is 0 Å². The van der Waals surface area contributed by atoms with E-state index in [1.807, 2.05) is 0 Å². The van der Waals surface area contributed by atoms with Crippen LogP contribution in [-0.4, -0.2) is 0 Å². The highest BCUT2D eigenvalue weighted by atomic mass is 14.4. The van der Waals surface area contributed by atoms with Gasteiger partial charge in [-0.2, -0.15) is 5.26 Å². The van der Waals surface area contributed by atoms with Crippen molar-refractivity contribution in [2.75, 3.05) is 0 Å². The first-order valence-corrected chi connectivity index (χ1v) is 7.07. The summed E-state index contributed by atoms with van der Waals surface area (Å²) in [5.41, 5.74) is 0.0274. The quantitative estimate of drug-likeness (QED) is 0.646. The molecule has 0 N–H and O–H groups in total. The third-order valence-corrected chi connectivity index (χ3v) is 4.43. The average molecular weight is 221 g/mol. The van der Waals surface area contributed by atoms with Crippen LogP contribution >= 0.6 is 0 Å². The van der Waals surface area contributed by atoms with Gasteiger partial charge in [-0.15, -0.1) is 0 Å². The second-order valence-corrected chi connectivity index (χ2v) is 5.84. The van der Waals surface area contributed by atoms with Gasteiger partial charge in [-0.25, -0.2) is 0 Å². The summed E-state index contributed by atoms with van der Waals surface area (Å²) in [4.78, 5) is 0. The van der Waals surface area contributed by atoms with Gasteiger partial charge in [0.1, 0.15) is 0 Å². The predicted octanol–water partition coefficient (Wildman–Crippen LogP) is 4.92. The van der Waals surface area contributed by atoms with Crippen LogP contribution in [0.4, 0.5) is 0 Å². The van der Waals surface area contributed by atoms with Gasteiger partial charge in [-0.3, -0.25) is 0 Å². The van der Waals surface area contributed by atoms with Gasteiger partial charge < -0.3 is 0 Å². The molecule has 0 aromatic heterocycles. The lowest BCUT2D eigenvalue weighted by atomic mass is 9.66. The van der Waals surface area contributed by atoms with E-state index in [9.17, 15) is 5.26 Å². The third kappa shape index (κ3) is 3.51. The molecule has 0 aliphatic heterocycles. The molecule has 1 rings (SSSR count). The van der Waals surface area contributed by atoms with Crippen LogP contribution in [0.1, 0.15) is 72.1 Å². The fourth-order valence-corrected chi connectivity index (χ4v) is 3.10. The minimum Gasteiger partial charge on any atom is -0.198 e. The molecule has 1 heteroatoms. The van der Waals surface area contributed by atoms with Crippen molar-refractivity contribution >= 4 is 0 Å². The standard InChI is InChI=1S/C15H27N/c1-4-6-14-7-9-15(12-16,10-8-14)11-13(3)5-2/h13-14H,4-11H2,1-3H3. The molecule has 1 atom stereocenters. The topological polar surface area (TPSA) is 23.8 Å². The predicted molar refractivity (Wildman–Crippen MR) is 69.0 cm³/mol. The Kier molecular flexibility index (Phi) is 5.32. The van der Waals surface area contributed by atoms with Crippen LogP contribution < -0.4 is 0 Å². The number of rotatable bonds is 5. The van der Waals surface area contributed by atoms with Gasteiger partial charge in [-0.05, 0) is 43.9 Å². The van der Waals surface area contributed by atoms with Crippen molar-refractivity contribution < 1.29 is 0 Å². The minimum absolute atomic E-state index is 0.0274. The van der Waals surface area contributed by atoms with Gasteiger partial charge in [0.05, 0.1) is 11.5 Å². The molecular formula is C15H27N. The van der Waals surface area contributed by atoms with E-state index >= 15 is 0 Å².